The molecule has 31 valence electrons. The van der Waals surface area contributed by atoms with E-state index >= 15 is 0 Å². The Balaban J connectivity index is 2.19. The number of hydrogen-bond donors (Lipinski definition) is 0. The minimum atomic E-state index is 0.372. The van der Waals surface area contributed by atoms with Crippen molar-refractivity contribution in [1.82, 2.24) is 5.73 Å². The van der Waals surface area contributed by atoms with Gasteiger partial charge in [0.15, 0.2) is 0 Å². The Hall–Kier alpha value is -0.0800. The Kier molecular flexibility index (Phi) is 3.86. The molecule has 0 rings (SSSR count). The SMILES string of the molecule is COCC[NH]. The highest BCUT2D eigenvalue weighted by Gasteiger charge is 1.66. The zero-order valence-electron chi connectivity index (χ0n) is 3.32. The van der Waals surface area contributed by atoms with Gasteiger partial charge in [-0.05, 0) is 0 Å². The number of methoxy groups -OCH3 is 1. The molecule has 0 aliphatic rings. The second kappa shape index (κ2) is 3.92. The molecular weight excluding hydrogens is 66.0 g/mol. The van der Waals surface area contributed by atoms with Crippen LogP contribution in [0.2, 0.25) is 0 Å². The molecule has 0 aliphatic heterocycles. The van der Waals surface area contributed by atoms with Gasteiger partial charge in [-0.1, -0.05) is 0 Å². The minimum absolute atomic E-state index is 0.372. The molecule has 0 aromatic carbocycles. The van der Waals surface area contributed by atoms with E-state index in [1.54, 1.807) is 7.11 Å². The van der Waals surface area contributed by atoms with Gasteiger partial charge in [-0.2, -0.15) is 0 Å². The number of ether oxygens (including phenoxy) is 1. The van der Waals surface area contributed by atoms with Crippen LogP contribution in [-0.4, -0.2) is 20.3 Å². The van der Waals surface area contributed by atoms with Gasteiger partial charge in [-0.3, -0.25) is 5.73 Å². The summed E-state index contributed by atoms with van der Waals surface area (Å²) in [7, 11) is 1.59. The van der Waals surface area contributed by atoms with E-state index in [2.05, 4.69) is 4.74 Å². The Morgan fingerprint density at radius 1 is 1.80 bits per heavy atom. The molecule has 0 saturated carbocycles. The van der Waals surface area contributed by atoms with Crippen molar-refractivity contribution in [2.24, 2.45) is 0 Å². The summed E-state index contributed by atoms with van der Waals surface area (Å²) in [4.78, 5) is 0. The zero-order chi connectivity index (χ0) is 4.12. The summed E-state index contributed by atoms with van der Waals surface area (Å²) in [6.07, 6.45) is 0. The molecule has 0 saturated heterocycles. The summed E-state index contributed by atoms with van der Waals surface area (Å²) >= 11 is 0. The van der Waals surface area contributed by atoms with E-state index in [1.165, 1.54) is 0 Å². The summed E-state index contributed by atoms with van der Waals surface area (Å²) in [5, 5.41) is 0. The third-order valence-electron chi connectivity index (χ3n) is 0.306. The highest BCUT2D eigenvalue weighted by molar-refractivity contribution is 4.20. The molecule has 2 nitrogen and oxygen atoms in total. The van der Waals surface area contributed by atoms with E-state index in [-0.39, 0.29) is 0 Å². The van der Waals surface area contributed by atoms with Gasteiger partial charge in [0.2, 0.25) is 0 Å². The van der Waals surface area contributed by atoms with Gasteiger partial charge in [-0.25, -0.2) is 0 Å². The van der Waals surface area contributed by atoms with Crippen LogP contribution in [0.3, 0.4) is 0 Å². The lowest BCUT2D eigenvalue weighted by molar-refractivity contribution is 0.206. The molecule has 0 aromatic heterocycles. The Labute approximate surface area is 31.9 Å². The van der Waals surface area contributed by atoms with Crippen LogP contribution in [0.4, 0.5) is 0 Å². The van der Waals surface area contributed by atoms with Gasteiger partial charge < -0.3 is 4.74 Å². The van der Waals surface area contributed by atoms with E-state index < -0.39 is 0 Å². The standard InChI is InChI=1S/C3H8NO/c1-5-3-2-4/h4H,2-3H2,1H3. The summed E-state index contributed by atoms with van der Waals surface area (Å²) in [6.45, 7) is 0.927. The first-order chi connectivity index (χ1) is 2.41. The second-order valence-corrected chi connectivity index (χ2v) is 0.743. The van der Waals surface area contributed by atoms with Crippen molar-refractivity contribution in [2.45, 2.75) is 0 Å². The van der Waals surface area contributed by atoms with Crippen molar-refractivity contribution in [1.29, 1.82) is 0 Å². The van der Waals surface area contributed by atoms with Gasteiger partial charge in [0.05, 0.1) is 6.61 Å². The normalized spacial score (nSPS) is 8.40. The quantitative estimate of drug-likeness (QED) is 0.450. The summed E-state index contributed by atoms with van der Waals surface area (Å²) < 4.78 is 4.50. The average molecular weight is 74.1 g/mol. The molecule has 0 heterocycles. The van der Waals surface area contributed by atoms with E-state index in [9.17, 15) is 0 Å². The van der Waals surface area contributed by atoms with Crippen molar-refractivity contribution in [2.75, 3.05) is 20.3 Å². The number of nitrogens with one attached hydrogen (secondary N) is 1. The highest BCUT2D eigenvalue weighted by Crippen LogP contribution is 1.55. The molecule has 0 bridgehead atoms. The maximum absolute atomic E-state index is 6.48. The molecule has 0 spiro atoms. The lowest BCUT2D eigenvalue weighted by Crippen LogP contribution is -1.93. The highest BCUT2D eigenvalue weighted by atomic mass is 16.5. The molecule has 0 atom stereocenters. The van der Waals surface area contributed by atoms with Crippen molar-refractivity contribution in [3.05, 3.63) is 0 Å². The predicted molar refractivity (Wildman–Crippen MR) is 19.8 cm³/mol. The molecule has 0 aliphatic carbocycles. The number of hydrogen-bond acceptors (Lipinski definition) is 1. The first-order valence-corrected chi connectivity index (χ1v) is 1.55. The lowest BCUT2D eigenvalue weighted by Gasteiger charge is -1.84. The van der Waals surface area contributed by atoms with E-state index in [0.29, 0.717) is 13.2 Å². The van der Waals surface area contributed by atoms with Gasteiger partial charge in [0.1, 0.15) is 0 Å². The lowest BCUT2D eigenvalue weighted by atomic mass is 10.7. The van der Waals surface area contributed by atoms with E-state index in [0.717, 1.165) is 0 Å². The zero-order valence-corrected chi connectivity index (χ0v) is 3.32. The van der Waals surface area contributed by atoms with Gasteiger partial charge in [-0.15, -0.1) is 0 Å². The van der Waals surface area contributed by atoms with Crippen molar-refractivity contribution in [3.63, 3.8) is 0 Å². The van der Waals surface area contributed by atoms with Crippen LogP contribution >= 0.6 is 0 Å². The fraction of sp³-hybridized carbons (Fsp3) is 1.00. The van der Waals surface area contributed by atoms with Gasteiger partial charge in [0, 0.05) is 13.7 Å². The van der Waals surface area contributed by atoms with Gasteiger partial charge >= 0.3 is 0 Å². The molecule has 0 fully saturated rings. The first-order valence-electron chi connectivity index (χ1n) is 1.55. The smallest absolute Gasteiger partial charge is 0.0601 e. The molecule has 0 aromatic rings. The maximum Gasteiger partial charge on any atom is 0.0601 e. The van der Waals surface area contributed by atoms with Crippen LogP contribution in [-0.2, 0) is 4.74 Å². The van der Waals surface area contributed by atoms with E-state index in [4.69, 9.17) is 5.73 Å². The van der Waals surface area contributed by atoms with Gasteiger partial charge in [0.25, 0.3) is 0 Å². The minimum Gasteiger partial charge on any atom is -0.383 e. The summed E-state index contributed by atoms with van der Waals surface area (Å²) in [5.74, 6) is 0. The third kappa shape index (κ3) is 3.92. The monoisotopic (exact) mass is 74.1 g/mol. The van der Waals surface area contributed by atoms with Crippen LogP contribution < -0.4 is 5.73 Å². The molecule has 2 heteroatoms. The van der Waals surface area contributed by atoms with Crippen molar-refractivity contribution < 1.29 is 4.74 Å². The Morgan fingerprint density at radius 2 is 2.40 bits per heavy atom. The Bertz CT molecular complexity index is 14.4. The molecule has 5 heavy (non-hydrogen) atoms. The van der Waals surface area contributed by atoms with Crippen LogP contribution in [0.1, 0.15) is 0 Å². The van der Waals surface area contributed by atoms with Crippen molar-refractivity contribution in [3.8, 4) is 0 Å². The predicted octanol–water partition coefficient (Wildman–Crippen LogP) is -0.0843. The maximum atomic E-state index is 6.48. The van der Waals surface area contributed by atoms with Crippen LogP contribution in [0.15, 0.2) is 0 Å². The fourth-order valence-corrected chi connectivity index (χ4v) is 0.102. The molecular formula is C3H8NO. The van der Waals surface area contributed by atoms with Crippen LogP contribution in [0.5, 0.6) is 0 Å². The molecule has 0 unspecified atom stereocenters. The topological polar surface area (TPSA) is 33.0 Å². The third-order valence-corrected chi connectivity index (χ3v) is 0.306. The van der Waals surface area contributed by atoms with Crippen LogP contribution in [0.25, 0.3) is 0 Å². The average Bonchev–Trinajstić information content (AvgIpc) is 1.41. The number of rotatable bonds is 2. The fourth-order valence-electron chi connectivity index (χ4n) is 0.102. The molecule has 1 radical (unpaired) electrons. The van der Waals surface area contributed by atoms with E-state index in [1.807, 2.05) is 0 Å². The molecule has 0 amide bonds. The Morgan fingerprint density at radius 3 is 2.40 bits per heavy atom. The first kappa shape index (κ1) is 4.92. The summed E-state index contributed by atoms with van der Waals surface area (Å²) in [6, 6.07) is 0. The molecule has 1 N–H and O–H groups in total. The summed E-state index contributed by atoms with van der Waals surface area (Å²) in [5.41, 5.74) is 6.48. The largest absolute Gasteiger partial charge is 0.383 e. The van der Waals surface area contributed by atoms with Crippen molar-refractivity contribution >= 4 is 0 Å². The van der Waals surface area contributed by atoms with Crippen LogP contribution in [0, 0.1) is 0 Å². The second-order valence-electron chi connectivity index (χ2n) is 0.743.